The molecule has 0 bridgehead atoms. The second-order valence-electron chi connectivity index (χ2n) is 4.12. The van der Waals surface area contributed by atoms with Crippen molar-refractivity contribution in [2.24, 2.45) is 0 Å². The first-order valence-corrected chi connectivity index (χ1v) is 5.55. The van der Waals surface area contributed by atoms with Crippen LogP contribution in [-0.4, -0.2) is 47.2 Å². The van der Waals surface area contributed by atoms with Crippen molar-refractivity contribution < 1.29 is 19.4 Å². The Bertz CT molecular complexity index is 490. The number of aromatic hydroxyl groups is 1. The molecule has 7 heteroatoms. The second-order valence-corrected chi connectivity index (χ2v) is 4.12. The second kappa shape index (κ2) is 5.09. The van der Waals surface area contributed by atoms with Crippen LogP contribution in [0.15, 0.2) is 21.5 Å². The molecule has 1 fully saturated rings. The zero-order chi connectivity index (χ0) is 13.1. The van der Waals surface area contributed by atoms with E-state index in [0.717, 1.165) is 6.26 Å². The predicted molar refractivity (Wildman–Crippen MR) is 58.9 cm³/mol. The Morgan fingerprint density at radius 1 is 1.39 bits per heavy atom. The van der Waals surface area contributed by atoms with E-state index in [-0.39, 0.29) is 0 Å². The summed E-state index contributed by atoms with van der Waals surface area (Å²) in [5.41, 5.74) is -0.482. The van der Waals surface area contributed by atoms with Crippen LogP contribution >= 0.6 is 0 Å². The molecule has 0 aliphatic carbocycles. The van der Waals surface area contributed by atoms with Gasteiger partial charge in [-0.2, -0.15) is 0 Å². The van der Waals surface area contributed by atoms with Gasteiger partial charge in [-0.15, -0.1) is 0 Å². The van der Waals surface area contributed by atoms with E-state index in [1.807, 2.05) is 4.90 Å². The Labute approximate surface area is 103 Å². The van der Waals surface area contributed by atoms with Gasteiger partial charge in [0.2, 0.25) is 5.43 Å². The molecule has 2 heterocycles. The zero-order valence-corrected chi connectivity index (χ0v) is 9.66. The highest BCUT2D eigenvalue weighted by Crippen LogP contribution is 2.09. The lowest BCUT2D eigenvalue weighted by Crippen LogP contribution is -2.52. The molecule has 18 heavy (non-hydrogen) atoms. The lowest BCUT2D eigenvalue weighted by Gasteiger charge is -2.35. The smallest absolute Gasteiger partial charge is 0.226 e. The fourth-order valence-corrected chi connectivity index (χ4v) is 1.84. The van der Waals surface area contributed by atoms with Gasteiger partial charge in [0.1, 0.15) is 18.1 Å². The van der Waals surface area contributed by atoms with E-state index in [0.29, 0.717) is 38.5 Å². The SMILES string of the molecule is O=C([O-])N1CCN(Cc2cc(=O)c(O)co2)CC1. The molecule has 0 saturated carbocycles. The molecule has 0 radical (unpaired) electrons. The third-order valence-electron chi connectivity index (χ3n) is 2.88. The molecule has 7 nitrogen and oxygen atoms in total. The van der Waals surface area contributed by atoms with Crippen molar-refractivity contribution in [2.75, 3.05) is 26.2 Å². The Morgan fingerprint density at radius 3 is 2.61 bits per heavy atom. The van der Waals surface area contributed by atoms with E-state index in [1.54, 1.807) is 0 Å². The summed E-state index contributed by atoms with van der Waals surface area (Å²) in [6.07, 6.45) is -0.152. The van der Waals surface area contributed by atoms with E-state index in [9.17, 15) is 14.7 Å². The largest absolute Gasteiger partial charge is 0.530 e. The summed E-state index contributed by atoms with van der Waals surface area (Å²) in [7, 11) is 0. The van der Waals surface area contributed by atoms with Crippen LogP contribution in [0.2, 0.25) is 0 Å². The molecule has 1 N–H and O–H groups in total. The predicted octanol–water partition coefficient (Wildman–Crippen LogP) is -1.19. The number of hydrogen-bond donors (Lipinski definition) is 1. The van der Waals surface area contributed by atoms with E-state index in [4.69, 9.17) is 9.52 Å². The molecule has 1 aliphatic rings. The minimum Gasteiger partial charge on any atom is -0.530 e. The highest BCUT2D eigenvalue weighted by atomic mass is 16.4. The number of hydrogen-bond acceptors (Lipinski definition) is 6. The van der Waals surface area contributed by atoms with Gasteiger partial charge in [0.25, 0.3) is 0 Å². The van der Waals surface area contributed by atoms with Crippen molar-refractivity contribution in [3.8, 4) is 5.75 Å². The third-order valence-corrected chi connectivity index (χ3v) is 2.88. The van der Waals surface area contributed by atoms with Gasteiger partial charge in [0.15, 0.2) is 5.75 Å². The van der Waals surface area contributed by atoms with Crippen LogP contribution in [0.1, 0.15) is 5.76 Å². The minimum atomic E-state index is -1.16. The topological polar surface area (TPSA) is 97.0 Å². The van der Waals surface area contributed by atoms with Crippen LogP contribution < -0.4 is 10.5 Å². The first-order chi connectivity index (χ1) is 8.56. The van der Waals surface area contributed by atoms with Gasteiger partial charge >= 0.3 is 0 Å². The highest BCUT2D eigenvalue weighted by molar-refractivity contribution is 5.62. The summed E-state index contributed by atoms with van der Waals surface area (Å²) >= 11 is 0. The highest BCUT2D eigenvalue weighted by Gasteiger charge is 2.17. The maximum absolute atomic E-state index is 11.2. The summed E-state index contributed by atoms with van der Waals surface area (Å²) in [6, 6.07) is 1.24. The van der Waals surface area contributed by atoms with Crippen LogP contribution in [0.5, 0.6) is 5.75 Å². The molecule has 0 atom stereocenters. The Morgan fingerprint density at radius 2 is 2.06 bits per heavy atom. The molecule has 0 unspecified atom stereocenters. The monoisotopic (exact) mass is 253 g/mol. The van der Waals surface area contributed by atoms with Crippen LogP contribution in [0.4, 0.5) is 4.79 Å². The van der Waals surface area contributed by atoms with Crippen LogP contribution in [0.25, 0.3) is 0 Å². The van der Waals surface area contributed by atoms with Gasteiger partial charge in [-0.1, -0.05) is 0 Å². The van der Waals surface area contributed by atoms with Crippen molar-refractivity contribution in [1.29, 1.82) is 0 Å². The maximum atomic E-state index is 11.2. The maximum Gasteiger partial charge on any atom is 0.226 e. The normalized spacial score (nSPS) is 16.8. The molecule has 1 aliphatic heterocycles. The quantitative estimate of drug-likeness (QED) is 0.711. The van der Waals surface area contributed by atoms with Crippen LogP contribution in [0.3, 0.4) is 0 Å². The molecule has 0 aromatic carbocycles. The molecular weight excluding hydrogens is 240 g/mol. The summed E-state index contributed by atoms with van der Waals surface area (Å²) < 4.78 is 5.08. The minimum absolute atomic E-state index is 0.380. The van der Waals surface area contributed by atoms with Gasteiger partial charge in [0.05, 0.1) is 6.54 Å². The number of rotatable bonds is 2. The van der Waals surface area contributed by atoms with Crippen molar-refractivity contribution >= 4 is 6.09 Å². The first kappa shape index (κ1) is 12.4. The molecule has 1 amide bonds. The number of nitrogens with zero attached hydrogens (tertiary/aromatic N) is 2. The molecular formula is C11H13N2O5-. The lowest BCUT2D eigenvalue weighted by atomic mass is 10.3. The van der Waals surface area contributed by atoms with E-state index in [1.165, 1.54) is 11.0 Å². The summed E-state index contributed by atoms with van der Waals surface area (Å²) in [6.45, 7) is 2.28. The fraction of sp³-hybridized carbons (Fsp3) is 0.455. The Kier molecular flexibility index (Phi) is 3.52. The number of piperazine rings is 1. The van der Waals surface area contributed by atoms with E-state index >= 15 is 0 Å². The summed E-state index contributed by atoms with van der Waals surface area (Å²) in [5, 5.41) is 19.7. The number of carbonyl (C=O) groups is 1. The van der Waals surface area contributed by atoms with Crippen molar-refractivity contribution in [3.63, 3.8) is 0 Å². The lowest BCUT2D eigenvalue weighted by molar-refractivity contribution is -0.266. The molecule has 98 valence electrons. The number of carboxylic acid groups (broad SMARTS) is 1. The summed E-state index contributed by atoms with van der Waals surface area (Å²) in [5.74, 6) is 0.0280. The Balaban J connectivity index is 1.93. The standard InChI is InChI=1S/C11H14N2O5/c14-9-5-8(18-7-10(9)15)6-12-1-3-13(4-2-12)11(16)17/h5,7,15H,1-4,6H2,(H,16,17)/p-1. The van der Waals surface area contributed by atoms with Gasteiger partial charge in [-0.3, -0.25) is 9.69 Å². The molecule has 2 rings (SSSR count). The molecule has 1 saturated heterocycles. The average Bonchev–Trinajstić information content (AvgIpc) is 2.34. The van der Waals surface area contributed by atoms with Gasteiger partial charge in [-0.25, -0.2) is 0 Å². The number of amides is 1. The van der Waals surface area contributed by atoms with Crippen LogP contribution in [0, 0.1) is 0 Å². The Hall–Kier alpha value is -2.02. The van der Waals surface area contributed by atoms with Crippen molar-refractivity contribution in [1.82, 2.24) is 9.80 Å². The first-order valence-electron chi connectivity index (χ1n) is 5.55. The fourth-order valence-electron chi connectivity index (χ4n) is 1.84. The van der Waals surface area contributed by atoms with Crippen LogP contribution in [-0.2, 0) is 6.54 Å². The third kappa shape index (κ3) is 2.80. The summed E-state index contributed by atoms with van der Waals surface area (Å²) in [4.78, 5) is 25.0. The van der Waals surface area contributed by atoms with E-state index in [2.05, 4.69) is 0 Å². The van der Waals surface area contributed by atoms with Gasteiger partial charge in [-0.05, 0) is 0 Å². The zero-order valence-electron chi connectivity index (χ0n) is 9.66. The number of carbonyl (C=O) groups excluding carboxylic acids is 1. The van der Waals surface area contributed by atoms with E-state index < -0.39 is 17.3 Å². The molecule has 1 aromatic heterocycles. The molecule has 1 aromatic rings. The van der Waals surface area contributed by atoms with Gasteiger partial charge < -0.3 is 24.3 Å². The van der Waals surface area contributed by atoms with Gasteiger partial charge in [0, 0.05) is 32.2 Å². The van der Waals surface area contributed by atoms with Crippen molar-refractivity contribution in [2.45, 2.75) is 6.54 Å². The average molecular weight is 253 g/mol. The van der Waals surface area contributed by atoms with Crippen molar-refractivity contribution in [3.05, 3.63) is 28.3 Å². The molecule has 0 spiro atoms.